The van der Waals surface area contributed by atoms with Gasteiger partial charge >= 0.3 is 0 Å². The average Bonchev–Trinajstić information content (AvgIpc) is 2.35. The molecule has 0 radical (unpaired) electrons. The molecule has 0 saturated heterocycles. The van der Waals surface area contributed by atoms with Crippen LogP contribution in [0.4, 0.5) is 0 Å². The van der Waals surface area contributed by atoms with Gasteiger partial charge in [-0.15, -0.1) is 0 Å². The van der Waals surface area contributed by atoms with E-state index in [1.54, 1.807) is 0 Å². The first-order valence-electron chi connectivity index (χ1n) is 6.50. The molecule has 6 heteroatoms. The first kappa shape index (κ1) is 16.7. The standard InChI is InChI=1S/C14H22N2O3S/c1-10-6-4-5-7-12(10)11(2)16-14(17)13(15)8-9-20(3,18)19/h4-7,11,13H,8-9,15H2,1-3H3,(H,16,17)/t11-,13?/m1/s1. The van der Waals surface area contributed by atoms with Gasteiger partial charge in [0.15, 0.2) is 0 Å². The van der Waals surface area contributed by atoms with Crippen molar-refractivity contribution in [3.05, 3.63) is 35.4 Å². The highest BCUT2D eigenvalue weighted by atomic mass is 32.2. The molecule has 0 aliphatic carbocycles. The Morgan fingerprint density at radius 1 is 1.35 bits per heavy atom. The number of aryl methyl sites for hydroxylation is 1. The van der Waals surface area contributed by atoms with Crippen LogP contribution in [0.25, 0.3) is 0 Å². The predicted octanol–water partition coefficient (Wildman–Crippen LogP) is 0.934. The number of hydrogen-bond acceptors (Lipinski definition) is 4. The molecule has 1 aromatic carbocycles. The maximum Gasteiger partial charge on any atom is 0.237 e. The van der Waals surface area contributed by atoms with Crippen molar-refractivity contribution >= 4 is 15.7 Å². The van der Waals surface area contributed by atoms with Crippen molar-refractivity contribution in [3.63, 3.8) is 0 Å². The topological polar surface area (TPSA) is 89.3 Å². The Labute approximate surface area is 120 Å². The molecule has 0 bridgehead atoms. The van der Waals surface area contributed by atoms with Gasteiger partial charge in [-0.3, -0.25) is 4.79 Å². The normalized spacial score (nSPS) is 14.6. The third-order valence-corrected chi connectivity index (χ3v) is 4.13. The summed E-state index contributed by atoms with van der Waals surface area (Å²) in [5.41, 5.74) is 7.82. The molecule has 1 aromatic rings. The molecule has 0 aromatic heterocycles. The first-order chi connectivity index (χ1) is 9.20. The number of rotatable bonds is 6. The van der Waals surface area contributed by atoms with E-state index in [9.17, 15) is 13.2 Å². The summed E-state index contributed by atoms with van der Waals surface area (Å²) in [6.07, 6.45) is 1.26. The molecular formula is C14H22N2O3S. The van der Waals surface area contributed by atoms with Gasteiger partial charge in [0.1, 0.15) is 9.84 Å². The number of nitrogens with two attached hydrogens (primary N) is 1. The van der Waals surface area contributed by atoms with Gasteiger partial charge in [0.2, 0.25) is 5.91 Å². The molecule has 5 nitrogen and oxygen atoms in total. The van der Waals surface area contributed by atoms with Gasteiger partial charge in [0.25, 0.3) is 0 Å². The lowest BCUT2D eigenvalue weighted by Gasteiger charge is -2.19. The molecule has 0 spiro atoms. The summed E-state index contributed by atoms with van der Waals surface area (Å²) in [5.74, 6) is -0.412. The zero-order valence-corrected chi connectivity index (χ0v) is 12.9. The minimum atomic E-state index is -3.10. The molecule has 112 valence electrons. The fraction of sp³-hybridized carbons (Fsp3) is 0.500. The van der Waals surface area contributed by atoms with Gasteiger partial charge in [-0.2, -0.15) is 0 Å². The molecule has 0 aliphatic rings. The van der Waals surface area contributed by atoms with E-state index < -0.39 is 15.9 Å². The number of nitrogens with one attached hydrogen (secondary N) is 1. The molecule has 2 atom stereocenters. The Morgan fingerprint density at radius 2 is 1.95 bits per heavy atom. The molecule has 0 fully saturated rings. The highest BCUT2D eigenvalue weighted by Crippen LogP contribution is 2.16. The highest BCUT2D eigenvalue weighted by molar-refractivity contribution is 7.90. The fourth-order valence-electron chi connectivity index (χ4n) is 1.94. The SMILES string of the molecule is Cc1ccccc1[C@@H](C)NC(=O)C(N)CCS(C)(=O)=O. The van der Waals surface area contributed by atoms with Crippen molar-refractivity contribution in [1.29, 1.82) is 0 Å². The van der Waals surface area contributed by atoms with Crippen molar-refractivity contribution in [3.8, 4) is 0 Å². The van der Waals surface area contributed by atoms with E-state index in [1.807, 2.05) is 38.1 Å². The van der Waals surface area contributed by atoms with Crippen LogP contribution >= 0.6 is 0 Å². The summed E-state index contributed by atoms with van der Waals surface area (Å²) >= 11 is 0. The molecule has 0 saturated carbocycles. The molecule has 20 heavy (non-hydrogen) atoms. The van der Waals surface area contributed by atoms with E-state index in [0.717, 1.165) is 17.4 Å². The molecule has 3 N–H and O–H groups in total. The highest BCUT2D eigenvalue weighted by Gasteiger charge is 2.18. The molecule has 1 unspecified atom stereocenters. The van der Waals surface area contributed by atoms with E-state index in [4.69, 9.17) is 5.73 Å². The molecular weight excluding hydrogens is 276 g/mol. The molecule has 1 rings (SSSR count). The monoisotopic (exact) mass is 298 g/mol. The summed E-state index contributed by atoms with van der Waals surface area (Å²) in [5, 5.41) is 2.81. The van der Waals surface area contributed by atoms with Gasteiger partial charge in [0, 0.05) is 6.26 Å². The zero-order chi connectivity index (χ0) is 15.3. The van der Waals surface area contributed by atoms with Crippen LogP contribution in [0, 0.1) is 6.92 Å². The van der Waals surface area contributed by atoms with Crippen molar-refractivity contribution < 1.29 is 13.2 Å². The summed E-state index contributed by atoms with van der Waals surface area (Å²) in [6.45, 7) is 3.85. The lowest BCUT2D eigenvalue weighted by atomic mass is 10.0. The minimum Gasteiger partial charge on any atom is -0.348 e. The van der Waals surface area contributed by atoms with Gasteiger partial charge in [-0.05, 0) is 31.4 Å². The van der Waals surface area contributed by atoms with Crippen LogP contribution in [0.5, 0.6) is 0 Å². The van der Waals surface area contributed by atoms with E-state index in [-0.39, 0.29) is 24.1 Å². The van der Waals surface area contributed by atoms with Gasteiger partial charge in [-0.1, -0.05) is 24.3 Å². The van der Waals surface area contributed by atoms with E-state index in [2.05, 4.69) is 5.32 Å². The Balaban J connectivity index is 2.60. The second kappa shape index (κ2) is 6.85. The summed E-state index contributed by atoms with van der Waals surface area (Å²) in [4.78, 5) is 11.9. The largest absolute Gasteiger partial charge is 0.348 e. The van der Waals surface area contributed by atoms with Crippen LogP contribution in [0.1, 0.15) is 30.5 Å². The third kappa shape index (κ3) is 5.30. The van der Waals surface area contributed by atoms with Crippen molar-refractivity contribution in [2.24, 2.45) is 5.73 Å². The molecule has 1 amide bonds. The summed E-state index contributed by atoms with van der Waals surface area (Å²) in [7, 11) is -3.10. The number of sulfone groups is 1. The van der Waals surface area contributed by atoms with Crippen molar-refractivity contribution in [1.82, 2.24) is 5.32 Å². The predicted molar refractivity (Wildman–Crippen MR) is 80.0 cm³/mol. The zero-order valence-electron chi connectivity index (χ0n) is 12.1. The fourth-order valence-corrected chi connectivity index (χ4v) is 2.63. The quantitative estimate of drug-likeness (QED) is 0.817. The van der Waals surface area contributed by atoms with Gasteiger partial charge in [0.05, 0.1) is 17.8 Å². The Hall–Kier alpha value is -1.40. The van der Waals surface area contributed by atoms with Crippen molar-refractivity contribution in [2.75, 3.05) is 12.0 Å². The van der Waals surface area contributed by atoms with Crippen LogP contribution in [0.15, 0.2) is 24.3 Å². The van der Waals surface area contributed by atoms with Crippen molar-refractivity contribution in [2.45, 2.75) is 32.4 Å². The second-order valence-electron chi connectivity index (χ2n) is 5.11. The van der Waals surface area contributed by atoms with E-state index in [0.29, 0.717) is 0 Å². The number of amides is 1. The first-order valence-corrected chi connectivity index (χ1v) is 8.56. The Morgan fingerprint density at radius 3 is 2.50 bits per heavy atom. The number of hydrogen-bond donors (Lipinski definition) is 2. The second-order valence-corrected chi connectivity index (χ2v) is 7.37. The molecule has 0 heterocycles. The lowest BCUT2D eigenvalue weighted by Crippen LogP contribution is -2.42. The lowest BCUT2D eigenvalue weighted by molar-refractivity contribution is -0.123. The van der Waals surface area contributed by atoms with Crippen LogP contribution < -0.4 is 11.1 Å². The van der Waals surface area contributed by atoms with E-state index >= 15 is 0 Å². The number of carbonyl (C=O) groups is 1. The number of benzene rings is 1. The van der Waals surface area contributed by atoms with Gasteiger partial charge in [-0.25, -0.2) is 8.42 Å². The average molecular weight is 298 g/mol. The number of carbonyl (C=O) groups excluding carboxylic acids is 1. The van der Waals surface area contributed by atoms with Crippen LogP contribution in [-0.4, -0.2) is 32.4 Å². The summed E-state index contributed by atoms with van der Waals surface area (Å²) in [6, 6.07) is 6.80. The maximum absolute atomic E-state index is 11.9. The Bertz CT molecular complexity index is 570. The van der Waals surface area contributed by atoms with Crippen LogP contribution in [0.3, 0.4) is 0 Å². The third-order valence-electron chi connectivity index (χ3n) is 3.15. The van der Waals surface area contributed by atoms with Crippen LogP contribution in [0.2, 0.25) is 0 Å². The molecule has 0 aliphatic heterocycles. The summed E-state index contributed by atoms with van der Waals surface area (Å²) < 4.78 is 22.1. The maximum atomic E-state index is 11.9. The van der Waals surface area contributed by atoms with E-state index in [1.165, 1.54) is 0 Å². The Kier molecular flexibility index (Phi) is 5.71. The minimum absolute atomic E-state index is 0.0830. The van der Waals surface area contributed by atoms with Crippen LogP contribution in [-0.2, 0) is 14.6 Å². The smallest absolute Gasteiger partial charge is 0.237 e. The van der Waals surface area contributed by atoms with Gasteiger partial charge < -0.3 is 11.1 Å².